The van der Waals surface area contributed by atoms with E-state index in [1.807, 2.05) is 0 Å². The van der Waals surface area contributed by atoms with E-state index >= 15 is 0 Å². The summed E-state index contributed by atoms with van der Waals surface area (Å²) in [5, 5.41) is 0. The molecule has 1 aromatic carbocycles. The van der Waals surface area contributed by atoms with Crippen molar-refractivity contribution < 1.29 is 9.53 Å². The molecule has 0 radical (unpaired) electrons. The number of benzene rings is 1. The Bertz CT molecular complexity index is 647. The van der Waals surface area contributed by atoms with E-state index in [1.54, 1.807) is 24.5 Å². The zero-order valence-corrected chi connectivity index (χ0v) is 13.9. The summed E-state index contributed by atoms with van der Waals surface area (Å²) in [5.41, 5.74) is 5.33. The maximum atomic E-state index is 12.0. The van der Waals surface area contributed by atoms with Gasteiger partial charge in [-0.3, -0.25) is 4.98 Å². The van der Waals surface area contributed by atoms with E-state index in [0.717, 1.165) is 16.7 Å². The van der Waals surface area contributed by atoms with Crippen molar-refractivity contribution in [2.75, 3.05) is 0 Å². The van der Waals surface area contributed by atoms with E-state index < -0.39 is 0 Å². The Morgan fingerprint density at radius 1 is 1.09 bits per heavy atom. The summed E-state index contributed by atoms with van der Waals surface area (Å²) in [6, 6.07) is 7.68. The molecule has 0 saturated heterocycles. The molecule has 0 saturated carbocycles. The smallest absolute Gasteiger partial charge is 0.338 e. The number of carbonyl (C=O) groups is 1. The molecule has 0 aliphatic carbocycles. The molecule has 0 fully saturated rings. The van der Waals surface area contributed by atoms with Gasteiger partial charge in [0, 0.05) is 12.4 Å². The Morgan fingerprint density at radius 2 is 1.64 bits per heavy atom. The van der Waals surface area contributed by atoms with E-state index in [-0.39, 0.29) is 11.4 Å². The van der Waals surface area contributed by atoms with Gasteiger partial charge in [0.1, 0.15) is 6.61 Å². The molecule has 1 aromatic heterocycles. The molecule has 0 amide bonds. The van der Waals surface area contributed by atoms with Crippen molar-refractivity contribution in [1.29, 1.82) is 0 Å². The number of pyridine rings is 1. The van der Waals surface area contributed by atoms with Gasteiger partial charge in [0.15, 0.2) is 0 Å². The molecule has 0 spiro atoms. The van der Waals surface area contributed by atoms with E-state index in [0.29, 0.717) is 12.2 Å². The fraction of sp³-hybridized carbons (Fsp3) is 0.368. The van der Waals surface area contributed by atoms with Crippen LogP contribution in [-0.2, 0) is 16.8 Å². The number of ether oxygens (including phenoxy) is 1. The van der Waals surface area contributed by atoms with Gasteiger partial charge in [-0.15, -0.1) is 0 Å². The van der Waals surface area contributed by atoms with Crippen molar-refractivity contribution in [2.45, 2.75) is 46.6 Å². The maximum absolute atomic E-state index is 12.0. The maximum Gasteiger partial charge on any atom is 0.338 e. The lowest BCUT2D eigenvalue weighted by atomic mass is 9.84. The molecule has 0 bridgehead atoms. The van der Waals surface area contributed by atoms with Gasteiger partial charge >= 0.3 is 5.97 Å². The number of nitrogens with zero attached hydrogens (tertiary/aromatic N) is 1. The van der Waals surface area contributed by atoms with Crippen LogP contribution in [0.3, 0.4) is 0 Å². The first-order valence-corrected chi connectivity index (χ1v) is 7.47. The molecule has 3 nitrogen and oxygen atoms in total. The van der Waals surface area contributed by atoms with Crippen LogP contribution in [0.5, 0.6) is 0 Å². The monoisotopic (exact) mass is 297 g/mol. The van der Waals surface area contributed by atoms with Gasteiger partial charge in [-0.25, -0.2) is 4.79 Å². The highest BCUT2D eigenvalue weighted by Crippen LogP contribution is 2.27. The summed E-state index contributed by atoms with van der Waals surface area (Å²) in [6.07, 6.45) is 3.18. The molecule has 2 rings (SSSR count). The fourth-order valence-corrected chi connectivity index (χ4v) is 2.36. The number of esters is 1. The molecule has 0 aliphatic rings. The molecule has 22 heavy (non-hydrogen) atoms. The lowest BCUT2D eigenvalue weighted by Gasteiger charge is -2.22. The van der Waals surface area contributed by atoms with Crippen LogP contribution in [0.1, 0.15) is 53.4 Å². The fourth-order valence-electron chi connectivity index (χ4n) is 2.36. The second kappa shape index (κ2) is 6.30. The second-order valence-corrected chi connectivity index (χ2v) is 6.65. The van der Waals surface area contributed by atoms with E-state index in [9.17, 15) is 4.79 Å². The van der Waals surface area contributed by atoms with Gasteiger partial charge in [0.2, 0.25) is 0 Å². The molecule has 0 atom stereocenters. The van der Waals surface area contributed by atoms with Crippen LogP contribution >= 0.6 is 0 Å². The summed E-state index contributed by atoms with van der Waals surface area (Å²) in [6.45, 7) is 11.0. The summed E-state index contributed by atoms with van der Waals surface area (Å²) in [5.74, 6) is -0.318. The first-order valence-electron chi connectivity index (χ1n) is 7.47. The molecule has 116 valence electrons. The molecule has 0 unspecified atom stereocenters. The number of carbonyl (C=O) groups excluding carboxylic acids is 1. The highest BCUT2D eigenvalue weighted by Gasteiger charge is 2.17. The number of hydrogen-bond donors (Lipinski definition) is 0. The Morgan fingerprint density at radius 3 is 2.14 bits per heavy atom. The zero-order valence-electron chi connectivity index (χ0n) is 13.9. The van der Waals surface area contributed by atoms with Crippen LogP contribution < -0.4 is 0 Å². The number of rotatable bonds is 3. The molecular weight excluding hydrogens is 274 g/mol. The third kappa shape index (κ3) is 3.73. The highest BCUT2D eigenvalue weighted by molar-refractivity contribution is 5.89. The summed E-state index contributed by atoms with van der Waals surface area (Å²) >= 11 is 0. The summed E-state index contributed by atoms with van der Waals surface area (Å²) in [4.78, 5) is 15.9. The molecule has 0 aliphatic heterocycles. The Balaban J connectivity index is 2.16. The minimum Gasteiger partial charge on any atom is -0.457 e. The topological polar surface area (TPSA) is 39.2 Å². The first kappa shape index (κ1) is 16.2. The predicted molar refractivity (Wildman–Crippen MR) is 88.0 cm³/mol. The Labute approximate surface area is 132 Å². The van der Waals surface area contributed by atoms with Crippen molar-refractivity contribution in [3.63, 3.8) is 0 Å². The van der Waals surface area contributed by atoms with Crippen molar-refractivity contribution in [1.82, 2.24) is 4.98 Å². The van der Waals surface area contributed by atoms with Gasteiger partial charge in [0.25, 0.3) is 0 Å². The largest absolute Gasteiger partial charge is 0.457 e. The van der Waals surface area contributed by atoms with E-state index in [4.69, 9.17) is 4.74 Å². The van der Waals surface area contributed by atoms with Crippen LogP contribution in [0.4, 0.5) is 0 Å². The van der Waals surface area contributed by atoms with Crippen molar-refractivity contribution in [2.24, 2.45) is 0 Å². The Kier molecular flexibility index (Phi) is 4.65. The SMILES string of the molecule is Cc1cc(C(C)(C)C)cc(C)c1COC(=O)c1ccncc1. The van der Waals surface area contributed by atoms with Crippen molar-refractivity contribution in [3.05, 3.63) is 64.5 Å². The lowest BCUT2D eigenvalue weighted by Crippen LogP contribution is -2.13. The summed E-state index contributed by atoms with van der Waals surface area (Å²) < 4.78 is 5.43. The first-order chi connectivity index (χ1) is 10.3. The van der Waals surface area contributed by atoms with Crippen LogP contribution in [0.2, 0.25) is 0 Å². The van der Waals surface area contributed by atoms with Crippen LogP contribution in [0, 0.1) is 13.8 Å². The normalized spacial score (nSPS) is 11.3. The minimum absolute atomic E-state index is 0.113. The molecule has 0 N–H and O–H groups in total. The molecule has 1 heterocycles. The summed E-state index contributed by atoms with van der Waals surface area (Å²) in [7, 11) is 0. The van der Waals surface area contributed by atoms with E-state index in [2.05, 4.69) is 51.7 Å². The lowest BCUT2D eigenvalue weighted by molar-refractivity contribution is 0.0471. The standard InChI is InChI=1S/C19H23NO2/c1-13-10-16(19(3,4)5)11-14(2)17(13)12-22-18(21)15-6-8-20-9-7-15/h6-11H,12H2,1-5H3. The Hall–Kier alpha value is -2.16. The van der Waals surface area contributed by atoms with E-state index in [1.165, 1.54) is 5.56 Å². The third-order valence-corrected chi connectivity index (χ3v) is 3.83. The molecule has 3 heteroatoms. The number of aryl methyl sites for hydroxylation is 2. The van der Waals surface area contributed by atoms with Gasteiger partial charge in [-0.1, -0.05) is 32.9 Å². The number of aromatic nitrogens is 1. The van der Waals surface area contributed by atoms with Gasteiger partial charge in [0.05, 0.1) is 5.56 Å². The zero-order chi connectivity index (χ0) is 16.3. The quantitative estimate of drug-likeness (QED) is 0.790. The van der Waals surface area contributed by atoms with Crippen LogP contribution in [-0.4, -0.2) is 11.0 Å². The van der Waals surface area contributed by atoms with Crippen molar-refractivity contribution >= 4 is 5.97 Å². The molecular formula is C19H23NO2. The average molecular weight is 297 g/mol. The average Bonchev–Trinajstić information content (AvgIpc) is 2.46. The predicted octanol–water partition coefficient (Wildman–Crippen LogP) is 4.35. The second-order valence-electron chi connectivity index (χ2n) is 6.65. The molecule has 2 aromatic rings. The van der Waals surface area contributed by atoms with Gasteiger partial charge in [-0.2, -0.15) is 0 Å². The highest BCUT2D eigenvalue weighted by atomic mass is 16.5. The minimum atomic E-state index is -0.318. The van der Waals surface area contributed by atoms with Gasteiger partial charge < -0.3 is 4.74 Å². The number of hydrogen-bond acceptors (Lipinski definition) is 3. The van der Waals surface area contributed by atoms with Crippen LogP contribution in [0.25, 0.3) is 0 Å². The van der Waals surface area contributed by atoms with Crippen LogP contribution in [0.15, 0.2) is 36.7 Å². The van der Waals surface area contributed by atoms with Crippen molar-refractivity contribution in [3.8, 4) is 0 Å². The third-order valence-electron chi connectivity index (χ3n) is 3.83. The van der Waals surface area contributed by atoms with Gasteiger partial charge in [-0.05, 0) is 53.6 Å².